The number of aromatic nitrogens is 3. The Bertz CT molecular complexity index is 1750. The summed E-state index contributed by atoms with van der Waals surface area (Å²) in [5.41, 5.74) is 3.95. The molecule has 0 spiro atoms. The second-order valence-corrected chi connectivity index (χ2v) is 13.9. The van der Waals surface area contributed by atoms with Gasteiger partial charge in [0.2, 0.25) is 0 Å². The van der Waals surface area contributed by atoms with Crippen LogP contribution >= 0.6 is 0 Å². The molecule has 2 saturated heterocycles. The van der Waals surface area contributed by atoms with Crippen LogP contribution in [0.4, 0.5) is 4.79 Å². The summed E-state index contributed by atoms with van der Waals surface area (Å²) < 4.78 is 7.48. The molecule has 1 aliphatic carbocycles. The van der Waals surface area contributed by atoms with E-state index in [1.165, 1.54) is 5.56 Å². The average Bonchev–Trinajstić information content (AvgIpc) is 3.33. The van der Waals surface area contributed by atoms with Gasteiger partial charge in [-0.25, -0.2) is 14.8 Å². The molecule has 2 aliphatic heterocycles. The largest absolute Gasteiger partial charge is 0.444 e. The fourth-order valence-corrected chi connectivity index (χ4v) is 7.33. The topological polar surface area (TPSA) is 80.6 Å². The lowest BCUT2D eigenvalue weighted by atomic mass is 10.0. The number of hydrogen-bond donors (Lipinski definition) is 0. The van der Waals surface area contributed by atoms with Gasteiger partial charge in [-0.15, -0.1) is 0 Å². The molecule has 0 N–H and O–H groups in total. The van der Waals surface area contributed by atoms with Crippen LogP contribution in [0.3, 0.4) is 0 Å². The lowest BCUT2D eigenvalue weighted by Gasteiger charge is -2.25. The van der Waals surface area contributed by atoms with Crippen molar-refractivity contribution in [1.82, 2.24) is 24.3 Å². The van der Waals surface area contributed by atoms with Crippen molar-refractivity contribution in [1.29, 1.82) is 0 Å². The number of fused-ring (bicyclic) bond motifs is 2. The first-order valence-electron chi connectivity index (χ1n) is 15.9. The van der Waals surface area contributed by atoms with Crippen LogP contribution in [0.2, 0.25) is 0 Å². The number of aryl methyl sites for hydroxylation is 1. The number of carbonyl (C=O) groups is 1. The van der Waals surface area contributed by atoms with E-state index >= 15 is 0 Å². The number of likely N-dealkylation sites (tertiary alicyclic amines) is 2. The van der Waals surface area contributed by atoms with E-state index in [1.54, 1.807) is 4.90 Å². The molecule has 3 fully saturated rings. The molecule has 1 amide bonds. The number of rotatable bonds is 6. The molecule has 8 heteroatoms. The zero-order chi connectivity index (χ0) is 30.6. The first-order chi connectivity index (χ1) is 21.1. The van der Waals surface area contributed by atoms with Crippen LogP contribution in [0.25, 0.3) is 22.2 Å². The predicted molar refractivity (Wildman–Crippen MR) is 171 cm³/mol. The molecule has 3 atom stereocenters. The molecule has 0 bridgehead atoms. The quantitative estimate of drug-likeness (QED) is 0.279. The summed E-state index contributed by atoms with van der Waals surface area (Å²) in [5.74, 6) is 2.74. The van der Waals surface area contributed by atoms with Crippen LogP contribution in [0.15, 0.2) is 71.7 Å². The van der Waals surface area contributed by atoms with Crippen LogP contribution in [0.5, 0.6) is 0 Å². The summed E-state index contributed by atoms with van der Waals surface area (Å²) in [4.78, 5) is 41.3. The van der Waals surface area contributed by atoms with E-state index in [4.69, 9.17) is 14.7 Å². The normalized spacial score (nSPS) is 23.2. The Kier molecular flexibility index (Phi) is 7.28. The molecule has 4 aromatic rings. The zero-order valence-corrected chi connectivity index (χ0v) is 26.1. The number of piperidine rings is 1. The van der Waals surface area contributed by atoms with E-state index in [0.717, 1.165) is 48.4 Å². The Morgan fingerprint density at radius 3 is 2.43 bits per heavy atom. The van der Waals surface area contributed by atoms with E-state index in [1.807, 2.05) is 68.8 Å². The van der Waals surface area contributed by atoms with Gasteiger partial charge in [0.05, 0.1) is 6.04 Å². The van der Waals surface area contributed by atoms with Gasteiger partial charge >= 0.3 is 6.09 Å². The molecule has 3 unspecified atom stereocenters. The van der Waals surface area contributed by atoms with Gasteiger partial charge in [0.1, 0.15) is 17.1 Å². The number of ether oxygens (including phenoxy) is 1. The summed E-state index contributed by atoms with van der Waals surface area (Å²) >= 11 is 0. The van der Waals surface area contributed by atoms with Crippen molar-refractivity contribution in [2.24, 2.45) is 17.8 Å². The third kappa shape index (κ3) is 5.63. The zero-order valence-electron chi connectivity index (χ0n) is 26.1. The molecule has 0 radical (unpaired) electrons. The van der Waals surface area contributed by atoms with Crippen molar-refractivity contribution in [3.63, 3.8) is 0 Å². The van der Waals surface area contributed by atoms with E-state index < -0.39 is 5.60 Å². The Balaban J connectivity index is 1.16. The molecule has 1 saturated carbocycles. The number of carbonyl (C=O) groups excluding carboxylic acids is 1. The van der Waals surface area contributed by atoms with Crippen LogP contribution in [-0.4, -0.2) is 62.2 Å². The molecule has 3 aliphatic rings. The van der Waals surface area contributed by atoms with E-state index in [0.29, 0.717) is 48.5 Å². The molecule has 8 nitrogen and oxygen atoms in total. The second-order valence-electron chi connectivity index (χ2n) is 13.9. The Hall–Kier alpha value is -4.04. The minimum absolute atomic E-state index is 0.0765. The van der Waals surface area contributed by atoms with Crippen molar-refractivity contribution in [2.45, 2.75) is 58.7 Å². The van der Waals surface area contributed by atoms with Crippen molar-refractivity contribution in [3.8, 4) is 11.1 Å². The number of amides is 1. The second kappa shape index (κ2) is 11.1. The SMILES string of the molecule is Cc1ccccc1-c1cc2cnc(CC3C4CN(Cc5ccccc5)CC34)nc2n(C2CCN(C(=O)OC(C)(C)C)C2)c1=O. The number of nitrogens with zero attached hydrogens (tertiary/aromatic N) is 5. The summed E-state index contributed by atoms with van der Waals surface area (Å²) in [6.45, 7) is 11.8. The van der Waals surface area contributed by atoms with Crippen LogP contribution in [0, 0.1) is 24.7 Å². The van der Waals surface area contributed by atoms with Gasteiger partial charge in [0.25, 0.3) is 5.56 Å². The number of pyridine rings is 1. The fourth-order valence-electron chi connectivity index (χ4n) is 7.33. The van der Waals surface area contributed by atoms with Gasteiger partial charge in [-0.2, -0.15) is 0 Å². The van der Waals surface area contributed by atoms with E-state index in [-0.39, 0.29) is 17.7 Å². The lowest BCUT2D eigenvalue weighted by molar-refractivity contribution is 0.0289. The highest BCUT2D eigenvalue weighted by Gasteiger charge is 2.55. The smallest absolute Gasteiger partial charge is 0.410 e. The third-order valence-corrected chi connectivity index (χ3v) is 9.55. The minimum Gasteiger partial charge on any atom is -0.444 e. The van der Waals surface area contributed by atoms with Crippen LogP contribution in [-0.2, 0) is 17.7 Å². The highest BCUT2D eigenvalue weighted by Crippen LogP contribution is 2.53. The molecular formula is C36H41N5O3. The van der Waals surface area contributed by atoms with E-state index in [9.17, 15) is 9.59 Å². The third-order valence-electron chi connectivity index (χ3n) is 9.55. The maximum Gasteiger partial charge on any atom is 0.410 e. The number of hydrogen-bond acceptors (Lipinski definition) is 6. The first-order valence-corrected chi connectivity index (χ1v) is 15.9. The molecule has 4 heterocycles. The van der Waals surface area contributed by atoms with Crippen molar-refractivity contribution in [3.05, 3.63) is 94.2 Å². The van der Waals surface area contributed by atoms with Crippen LogP contribution in [0.1, 0.15) is 50.2 Å². The average molecular weight is 592 g/mol. The van der Waals surface area contributed by atoms with Gasteiger partial charge < -0.3 is 9.64 Å². The lowest BCUT2D eigenvalue weighted by Crippen LogP contribution is -2.36. The molecular weight excluding hydrogens is 550 g/mol. The molecule has 228 valence electrons. The van der Waals surface area contributed by atoms with Gasteiger partial charge in [-0.05, 0) is 74.6 Å². The molecule has 2 aromatic heterocycles. The Labute approximate surface area is 258 Å². The highest BCUT2D eigenvalue weighted by molar-refractivity contribution is 5.82. The summed E-state index contributed by atoms with van der Waals surface area (Å²) in [6.07, 6.45) is 3.03. The van der Waals surface area contributed by atoms with Gasteiger partial charge in [0, 0.05) is 56.3 Å². The molecule has 7 rings (SSSR count). The van der Waals surface area contributed by atoms with Crippen molar-refractivity contribution in [2.75, 3.05) is 26.2 Å². The molecule has 2 aromatic carbocycles. The Morgan fingerprint density at radius 1 is 0.977 bits per heavy atom. The summed E-state index contributed by atoms with van der Waals surface area (Å²) in [5, 5.41) is 0.840. The van der Waals surface area contributed by atoms with Gasteiger partial charge in [-0.1, -0.05) is 54.6 Å². The summed E-state index contributed by atoms with van der Waals surface area (Å²) in [7, 11) is 0. The van der Waals surface area contributed by atoms with Gasteiger partial charge in [-0.3, -0.25) is 14.3 Å². The summed E-state index contributed by atoms with van der Waals surface area (Å²) in [6, 6.07) is 20.4. The number of benzene rings is 2. The molecule has 44 heavy (non-hydrogen) atoms. The maximum atomic E-state index is 14.3. The standard InChI is InChI=1S/C36H41N5O3/c1-23-10-8-9-13-27(23)29-16-25-18-37-32(17-28-30-21-39(22-31(28)30)19-24-11-6-5-7-12-24)38-33(25)41(34(29)42)26-14-15-40(20-26)35(43)44-36(2,3)4/h5-13,16,18,26,28,30-31H,14-15,17,19-22H2,1-4H3. The first kappa shape index (κ1) is 28.7. The van der Waals surface area contributed by atoms with Gasteiger partial charge in [0.15, 0.2) is 0 Å². The fraction of sp³-hybridized carbons (Fsp3) is 0.444. The van der Waals surface area contributed by atoms with Crippen molar-refractivity contribution >= 4 is 17.1 Å². The van der Waals surface area contributed by atoms with Crippen molar-refractivity contribution < 1.29 is 9.53 Å². The van der Waals surface area contributed by atoms with E-state index in [2.05, 4.69) is 35.2 Å². The maximum absolute atomic E-state index is 14.3. The minimum atomic E-state index is -0.578. The Morgan fingerprint density at radius 2 is 1.70 bits per heavy atom. The van der Waals surface area contributed by atoms with Crippen LogP contribution < -0.4 is 5.56 Å². The predicted octanol–water partition coefficient (Wildman–Crippen LogP) is 5.87. The monoisotopic (exact) mass is 591 g/mol. The highest BCUT2D eigenvalue weighted by atomic mass is 16.6.